The van der Waals surface area contributed by atoms with Crippen molar-refractivity contribution in [3.05, 3.63) is 64.2 Å². The van der Waals surface area contributed by atoms with E-state index in [4.69, 9.17) is 14.2 Å². The number of hydrogen-bond acceptors (Lipinski definition) is 4. The highest BCUT2D eigenvalue weighted by Crippen LogP contribution is 2.39. The molecule has 0 aromatic heterocycles. The molecule has 2 aliphatic rings. The van der Waals surface area contributed by atoms with Crippen LogP contribution in [0.4, 0.5) is 26.3 Å². The monoisotopic (exact) mass is 490 g/mol. The van der Waals surface area contributed by atoms with Crippen LogP contribution >= 0.6 is 0 Å². The molecule has 0 spiro atoms. The highest BCUT2D eigenvalue weighted by Gasteiger charge is 2.42. The normalized spacial score (nSPS) is 25.9. The fraction of sp³-hybridized carbons (Fsp3) is 0.500. The van der Waals surface area contributed by atoms with Crippen LogP contribution in [0.25, 0.3) is 0 Å². The van der Waals surface area contributed by atoms with E-state index in [1.807, 2.05) is 6.92 Å². The number of benzene rings is 2. The molecule has 2 heterocycles. The molecular formula is C24H24F6O4. The molecule has 0 bridgehead atoms. The quantitative estimate of drug-likeness (QED) is 0.471. The molecular weight excluding hydrogens is 466 g/mol. The zero-order valence-electron chi connectivity index (χ0n) is 18.6. The van der Waals surface area contributed by atoms with Gasteiger partial charge in [-0.2, -0.15) is 8.78 Å². The molecule has 0 aliphatic carbocycles. The van der Waals surface area contributed by atoms with Crippen molar-refractivity contribution in [1.29, 1.82) is 0 Å². The van der Waals surface area contributed by atoms with E-state index in [9.17, 15) is 26.3 Å². The molecule has 2 aromatic carbocycles. The molecule has 2 unspecified atom stereocenters. The zero-order valence-corrected chi connectivity index (χ0v) is 18.6. The Labute approximate surface area is 192 Å². The maximum atomic E-state index is 14.6. The fourth-order valence-corrected chi connectivity index (χ4v) is 4.07. The molecule has 0 amide bonds. The van der Waals surface area contributed by atoms with Crippen molar-refractivity contribution in [3.63, 3.8) is 0 Å². The minimum Gasteiger partial charge on any atom is -0.429 e. The van der Waals surface area contributed by atoms with E-state index in [2.05, 4.69) is 4.74 Å². The molecule has 2 atom stereocenters. The van der Waals surface area contributed by atoms with Gasteiger partial charge in [-0.3, -0.25) is 0 Å². The van der Waals surface area contributed by atoms with E-state index in [0.29, 0.717) is 44.1 Å². The van der Waals surface area contributed by atoms with Crippen LogP contribution in [0, 0.1) is 42.0 Å². The van der Waals surface area contributed by atoms with Crippen LogP contribution in [0.5, 0.6) is 5.75 Å². The SMILES string of the molecule is Cc1c(F)cc(OC(F)(F)c2c(F)cc(C3CCC(C4OCC(C)CO4)CO3)cc2F)cc1F. The lowest BCUT2D eigenvalue weighted by Gasteiger charge is -2.37. The number of rotatable bonds is 5. The lowest BCUT2D eigenvalue weighted by molar-refractivity contribution is -0.239. The van der Waals surface area contributed by atoms with E-state index in [1.54, 1.807) is 0 Å². The maximum absolute atomic E-state index is 14.6. The average molecular weight is 490 g/mol. The van der Waals surface area contributed by atoms with Crippen LogP contribution in [0.1, 0.15) is 42.6 Å². The molecule has 10 heteroatoms. The smallest absolute Gasteiger partial charge is 0.429 e. The van der Waals surface area contributed by atoms with Crippen LogP contribution in [-0.2, 0) is 20.3 Å². The first kappa shape index (κ1) is 24.8. The largest absolute Gasteiger partial charge is 0.432 e. The third-order valence-corrected chi connectivity index (χ3v) is 6.01. The van der Waals surface area contributed by atoms with Gasteiger partial charge in [0.15, 0.2) is 6.29 Å². The van der Waals surface area contributed by atoms with Crippen molar-refractivity contribution in [2.24, 2.45) is 11.8 Å². The van der Waals surface area contributed by atoms with Crippen LogP contribution in [0.2, 0.25) is 0 Å². The Bertz CT molecular complexity index is 984. The third kappa shape index (κ3) is 5.18. The lowest BCUT2D eigenvalue weighted by atomic mass is 9.93. The summed E-state index contributed by atoms with van der Waals surface area (Å²) in [6.45, 7) is 4.47. The lowest BCUT2D eigenvalue weighted by Crippen LogP contribution is -2.40. The molecule has 4 nitrogen and oxygen atoms in total. The van der Waals surface area contributed by atoms with E-state index in [1.165, 1.54) is 0 Å². The van der Waals surface area contributed by atoms with Crippen molar-refractivity contribution in [1.82, 2.24) is 0 Å². The Morgan fingerprint density at radius 1 is 0.824 bits per heavy atom. The molecule has 2 fully saturated rings. The van der Waals surface area contributed by atoms with Crippen molar-refractivity contribution < 1.29 is 45.3 Å². The molecule has 0 N–H and O–H groups in total. The van der Waals surface area contributed by atoms with Gasteiger partial charge in [0.05, 0.1) is 25.9 Å². The Kier molecular flexibility index (Phi) is 7.12. The minimum absolute atomic E-state index is 0.0502. The second-order valence-corrected chi connectivity index (χ2v) is 8.79. The van der Waals surface area contributed by atoms with Crippen molar-refractivity contribution in [2.45, 2.75) is 45.2 Å². The summed E-state index contributed by atoms with van der Waals surface area (Å²) in [6, 6.07) is 2.55. The standard InChI is InChI=1S/C24H24F6O4/c1-12-9-32-23(33-10-12)14-3-4-21(31-11-14)15-5-19(27)22(20(28)6-15)24(29,30)34-16-7-17(25)13(2)18(26)8-16/h5-8,12,14,21,23H,3-4,9-11H2,1-2H3. The topological polar surface area (TPSA) is 36.9 Å². The second-order valence-electron chi connectivity index (χ2n) is 8.79. The molecule has 186 valence electrons. The Morgan fingerprint density at radius 2 is 1.41 bits per heavy atom. The molecule has 34 heavy (non-hydrogen) atoms. The predicted octanol–water partition coefficient (Wildman–Crippen LogP) is 6.16. The molecule has 0 radical (unpaired) electrons. The summed E-state index contributed by atoms with van der Waals surface area (Å²) in [5, 5.41) is 0. The van der Waals surface area contributed by atoms with Gasteiger partial charge in [-0.1, -0.05) is 6.92 Å². The van der Waals surface area contributed by atoms with Gasteiger partial charge in [0, 0.05) is 29.5 Å². The van der Waals surface area contributed by atoms with Gasteiger partial charge in [-0.25, -0.2) is 17.6 Å². The van der Waals surface area contributed by atoms with Gasteiger partial charge >= 0.3 is 6.11 Å². The molecule has 4 rings (SSSR count). The third-order valence-electron chi connectivity index (χ3n) is 6.01. The average Bonchev–Trinajstić information content (AvgIpc) is 2.77. The van der Waals surface area contributed by atoms with Gasteiger partial charge in [0.1, 0.15) is 34.6 Å². The first-order chi connectivity index (χ1) is 16.0. The number of alkyl halides is 2. The molecule has 0 saturated carbocycles. The van der Waals surface area contributed by atoms with Crippen LogP contribution in [0.3, 0.4) is 0 Å². The van der Waals surface area contributed by atoms with Gasteiger partial charge < -0.3 is 18.9 Å². The van der Waals surface area contributed by atoms with E-state index in [0.717, 1.165) is 19.1 Å². The molecule has 2 saturated heterocycles. The summed E-state index contributed by atoms with van der Waals surface area (Å²) in [7, 11) is 0. The summed E-state index contributed by atoms with van der Waals surface area (Å²) in [5.41, 5.74) is -2.01. The number of ether oxygens (including phenoxy) is 4. The van der Waals surface area contributed by atoms with Crippen molar-refractivity contribution >= 4 is 0 Å². The van der Waals surface area contributed by atoms with Crippen LogP contribution in [-0.4, -0.2) is 26.1 Å². The van der Waals surface area contributed by atoms with Crippen LogP contribution in [0.15, 0.2) is 24.3 Å². The summed E-state index contributed by atoms with van der Waals surface area (Å²) < 4.78 is 107. The minimum atomic E-state index is -4.52. The Hall–Kier alpha value is -2.30. The van der Waals surface area contributed by atoms with Crippen molar-refractivity contribution in [2.75, 3.05) is 19.8 Å². The highest BCUT2D eigenvalue weighted by molar-refractivity contribution is 5.33. The van der Waals surface area contributed by atoms with Gasteiger partial charge in [-0.05, 0) is 37.5 Å². The highest BCUT2D eigenvalue weighted by atomic mass is 19.3. The van der Waals surface area contributed by atoms with E-state index < -0.39 is 58.6 Å². The fourth-order valence-electron chi connectivity index (χ4n) is 4.07. The zero-order chi connectivity index (χ0) is 24.6. The van der Waals surface area contributed by atoms with Crippen LogP contribution < -0.4 is 4.74 Å². The first-order valence-electron chi connectivity index (χ1n) is 10.9. The molecule has 2 aliphatic heterocycles. The van der Waals surface area contributed by atoms with Gasteiger partial charge in [0.2, 0.25) is 0 Å². The van der Waals surface area contributed by atoms with E-state index >= 15 is 0 Å². The Morgan fingerprint density at radius 3 is 1.94 bits per heavy atom. The van der Waals surface area contributed by atoms with Crippen molar-refractivity contribution in [3.8, 4) is 5.75 Å². The van der Waals surface area contributed by atoms with Gasteiger partial charge in [0.25, 0.3) is 0 Å². The van der Waals surface area contributed by atoms with Gasteiger partial charge in [-0.15, -0.1) is 0 Å². The number of hydrogen-bond donors (Lipinski definition) is 0. The second kappa shape index (κ2) is 9.75. The summed E-state index contributed by atoms with van der Waals surface area (Å²) >= 11 is 0. The summed E-state index contributed by atoms with van der Waals surface area (Å²) in [6.07, 6.45) is -4.66. The van der Waals surface area contributed by atoms with E-state index in [-0.39, 0.29) is 18.1 Å². The maximum Gasteiger partial charge on any atom is 0.432 e. The Balaban J connectivity index is 1.47. The summed E-state index contributed by atoms with van der Waals surface area (Å²) in [4.78, 5) is 0. The number of halogens is 6. The first-order valence-corrected chi connectivity index (χ1v) is 10.9. The molecule has 2 aromatic rings. The predicted molar refractivity (Wildman–Crippen MR) is 108 cm³/mol. The summed E-state index contributed by atoms with van der Waals surface area (Å²) in [5.74, 6) is -6.05.